The largest absolute Gasteiger partial charge is 0.358 e. The van der Waals surface area contributed by atoms with E-state index in [9.17, 15) is 5.26 Å². The van der Waals surface area contributed by atoms with Gasteiger partial charge < -0.3 is 4.90 Å². The Morgan fingerprint density at radius 1 is 1.09 bits per heavy atom. The van der Waals surface area contributed by atoms with Gasteiger partial charge in [-0.05, 0) is 66.9 Å². The van der Waals surface area contributed by atoms with Crippen LogP contribution in [0.3, 0.4) is 0 Å². The highest BCUT2D eigenvalue weighted by atomic mass is 32.2. The number of allylic oxidation sites excluding steroid dienone is 2. The van der Waals surface area contributed by atoms with E-state index in [-0.39, 0.29) is 0 Å². The number of anilines is 1. The Hall–Kier alpha value is -3.82. The topological polar surface area (TPSA) is 57.7 Å². The van der Waals surface area contributed by atoms with Crippen molar-refractivity contribution in [3.63, 3.8) is 0 Å². The van der Waals surface area contributed by atoms with Crippen molar-refractivity contribution in [3.05, 3.63) is 108 Å². The fourth-order valence-electron chi connectivity index (χ4n) is 3.54. The molecule has 33 heavy (non-hydrogen) atoms. The van der Waals surface area contributed by atoms with Gasteiger partial charge in [0.25, 0.3) is 0 Å². The molecule has 0 unspecified atom stereocenters. The molecule has 0 saturated heterocycles. The third-order valence-corrected chi connectivity index (χ3v) is 6.74. The Labute approximate surface area is 198 Å². The molecule has 1 heterocycles. The number of aromatic nitrogens is 3. The van der Waals surface area contributed by atoms with E-state index in [0.29, 0.717) is 11.4 Å². The van der Waals surface area contributed by atoms with Gasteiger partial charge in [0.2, 0.25) is 0 Å². The maximum atomic E-state index is 9.20. The van der Waals surface area contributed by atoms with Crippen LogP contribution in [-0.2, 0) is 6.54 Å². The molecule has 0 atom stereocenters. The quantitative estimate of drug-likeness (QED) is 0.230. The zero-order valence-corrected chi connectivity index (χ0v) is 19.6. The van der Waals surface area contributed by atoms with E-state index in [4.69, 9.17) is 0 Å². The molecule has 0 N–H and O–H groups in total. The normalized spacial score (nSPS) is 11.7. The first kappa shape index (κ1) is 22.4. The van der Waals surface area contributed by atoms with Gasteiger partial charge in [-0.2, -0.15) is 5.26 Å². The van der Waals surface area contributed by atoms with Gasteiger partial charge in [-0.1, -0.05) is 66.0 Å². The number of hydrogen-bond donors (Lipinski definition) is 0. The molecule has 0 spiro atoms. The van der Waals surface area contributed by atoms with E-state index in [0.717, 1.165) is 33.9 Å². The highest BCUT2D eigenvalue weighted by Gasteiger charge is 2.15. The lowest BCUT2D eigenvalue weighted by Gasteiger charge is -2.26. The van der Waals surface area contributed by atoms with Gasteiger partial charge in [-0.25, -0.2) is 4.68 Å². The molecule has 0 fully saturated rings. The summed E-state index contributed by atoms with van der Waals surface area (Å²) in [6.07, 6.45) is 1.85. The number of aryl methyl sites for hydroxylation is 1. The number of nitrogens with zero attached hydrogens (tertiary/aromatic N) is 5. The third kappa shape index (κ3) is 5.00. The maximum absolute atomic E-state index is 9.20. The number of hydrogen-bond acceptors (Lipinski definition) is 5. The average Bonchev–Trinajstić information content (AvgIpc) is 3.28. The van der Waals surface area contributed by atoms with Crippen molar-refractivity contribution in [2.45, 2.75) is 20.4 Å². The second-order valence-corrected chi connectivity index (χ2v) is 8.67. The highest BCUT2D eigenvalue weighted by molar-refractivity contribution is 8.08. The molecule has 0 aliphatic rings. The highest BCUT2D eigenvalue weighted by Crippen LogP contribution is 2.31. The average molecular weight is 452 g/mol. The maximum Gasteiger partial charge on any atom is 0.113 e. The summed E-state index contributed by atoms with van der Waals surface area (Å²) in [6.45, 7) is 8.91. The molecule has 6 heteroatoms. The Bertz CT molecular complexity index is 1340. The van der Waals surface area contributed by atoms with Gasteiger partial charge in [0.15, 0.2) is 0 Å². The minimum Gasteiger partial charge on any atom is -0.358 e. The van der Waals surface area contributed by atoms with Crippen molar-refractivity contribution < 1.29 is 0 Å². The van der Waals surface area contributed by atoms with Crippen molar-refractivity contribution in [1.29, 1.82) is 5.26 Å². The molecular weight excluding hydrogens is 426 g/mol. The zero-order chi connectivity index (χ0) is 23.2. The van der Waals surface area contributed by atoms with Crippen LogP contribution in [0.15, 0.2) is 91.0 Å². The number of fused-ring (bicyclic) bond motifs is 1. The van der Waals surface area contributed by atoms with Crippen LogP contribution >= 0.6 is 11.8 Å². The lowest BCUT2D eigenvalue weighted by molar-refractivity contribution is 0.850. The van der Waals surface area contributed by atoms with E-state index in [1.165, 1.54) is 11.1 Å². The predicted octanol–water partition coefficient (Wildman–Crippen LogP) is 6.38. The molecule has 3 aromatic carbocycles. The Balaban J connectivity index is 1.67. The molecule has 5 nitrogen and oxygen atoms in total. The number of nitriles is 1. The second-order valence-electron chi connectivity index (χ2n) is 7.74. The predicted molar refractivity (Wildman–Crippen MR) is 138 cm³/mol. The number of thioether (sulfide) groups is 1. The van der Waals surface area contributed by atoms with Gasteiger partial charge >= 0.3 is 0 Å². The standard InChI is InChI=1S/C27H25N5S/c1-4-20(2)27(32-26-12-8-7-11-25(26)29-30-32)33-19-31(18-23-10-6-5-9-21(23)3)24-15-13-22(17-28)14-16-24/h4-16H,1,18-19H2,2-3H3/b27-20+. The zero-order valence-electron chi connectivity index (χ0n) is 18.8. The first-order valence-electron chi connectivity index (χ1n) is 10.7. The first-order chi connectivity index (χ1) is 16.1. The lowest BCUT2D eigenvalue weighted by atomic mass is 10.1. The van der Waals surface area contributed by atoms with Crippen molar-refractivity contribution in [1.82, 2.24) is 15.0 Å². The van der Waals surface area contributed by atoms with Gasteiger partial charge in [0, 0.05) is 12.2 Å². The third-order valence-electron chi connectivity index (χ3n) is 5.53. The summed E-state index contributed by atoms with van der Waals surface area (Å²) in [6, 6.07) is 26.3. The van der Waals surface area contributed by atoms with E-state index in [1.54, 1.807) is 11.8 Å². The van der Waals surface area contributed by atoms with Gasteiger partial charge in [0.1, 0.15) is 10.5 Å². The summed E-state index contributed by atoms with van der Waals surface area (Å²) in [7, 11) is 0. The van der Waals surface area contributed by atoms with E-state index in [1.807, 2.05) is 66.2 Å². The molecule has 0 radical (unpaired) electrons. The van der Waals surface area contributed by atoms with Crippen molar-refractivity contribution in [3.8, 4) is 6.07 Å². The Morgan fingerprint density at radius 3 is 2.55 bits per heavy atom. The molecular formula is C27H25N5S. The summed E-state index contributed by atoms with van der Waals surface area (Å²) in [5.41, 5.74) is 7.08. The molecule has 0 bridgehead atoms. The second kappa shape index (κ2) is 10.2. The summed E-state index contributed by atoms with van der Waals surface area (Å²) in [5.74, 6) is 0.689. The monoisotopic (exact) mass is 451 g/mol. The van der Waals surface area contributed by atoms with Crippen LogP contribution in [0.25, 0.3) is 16.1 Å². The molecule has 0 aliphatic heterocycles. The molecule has 1 aromatic heterocycles. The van der Waals surface area contributed by atoms with Crippen LogP contribution in [-0.4, -0.2) is 20.9 Å². The fraction of sp³-hybridized carbons (Fsp3) is 0.148. The first-order valence-corrected chi connectivity index (χ1v) is 11.7. The lowest BCUT2D eigenvalue weighted by Crippen LogP contribution is -2.23. The smallest absolute Gasteiger partial charge is 0.113 e. The Morgan fingerprint density at radius 2 is 1.82 bits per heavy atom. The van der Waals surface area contributed by atoms with Gasteiger partial charge in [0.05, 0.1) is 23.0 Å². The summed E-state index contributed by atoms with van der Waals surface area (Å²) < 4.78 is 1.89. The van der Waals surface area contributed by atoms with Gasteiger partial charge in [-0.15, -0.1) is 5.10 Å². The van der Waals surface area contributed by atoms with Crippen LogP contribution in [0.4, 0.5) is 5.69 Å². The van der Waals surface area contributed by atoms with Crippen LogP contribution in [0.1, 0.15) is 23.6 Å². The molecule has 4 rings (SSSR count). The minimum atomic E-state index is 0.652. The van der Waals surface area contributed by atoms with Crippen molar-refractivity contribution >= 4 is 33.5 Å². The summed E-state index contributed by atoms with van der Waals surface area (Å²) in [5, 5.41) is 18.9. The molecule has 164 valence electrons. The van der Waals surface area contributed by atoms with E-state index < -0.39 is 0 Å². The summed E-state index contributed by atoms with van der Waals surface area (Å²) >= 11 is 1.69. The van der Waals surface area contributed by atoms with Crippen LogP contribution in [0.2, 0.25) is 0 Å². The van der Waals surface area contributed by atoms with Crippen LogP contribution in [0.5, 0.6) is 0 Å². The fourth-order valence-corrected chi connectivity index (χ4v) is 4.63. The van der Waals surface area contributed by atoms with Crippen LogP contribution in [0, 0.1) is 18.3 Å². The van der Waals surface area contributed by atoms with E-state index in [2.05, 4.69) is 59.0 Å². The van der Waals surface area contributed by atoms with Crippen molar-refractivity contribution in [2.75, 3.05) is 10.8 Å². The van der Waals surface area contributed by atoms with Crippen molar-refractivity contribution in [2.24, 2.45) is 0 Å². The van der Waals surface area contributed by atoms with Gasteiger partial charge in [-0.3, -0.25) is 0 Å². The number of benzene rings is 3. The minimum absolute atomic E-state index is 0.652. The molecule has 4 aromatic rings. The number of rotatable bonds is 8. The van der Waals surface area contributed by atoms with E-state index >= 15 is 0 Å². The SMILES string of the molecule is C=C/C(C)=C(/SCN(Cc1ccccc1C)c1ccc(C#N)cc1)n1nnc2ccccc21. The van der Waals surface area contributed by atoms with Crippen LogP contribution < -0.4 is 4.90 Å². The Kier molecular flexibility index (Phi) is 6.92. The number of para-hydroxylation sites is 1. The molecule has 0 amide bonds. The molecule has 0 aliphatic carbocycles. The summed E-state index contributed by atoms with van der Waals surface area (Å²) in [4.78, 5) is 2.31. The molecule has 0 saturated carbocycles.